The van der Waals surface area contributed by atoms with Gasteiger partial charge in [-0.25, -0.2) is 9.97 Å². The highest BCUT2D eigenvalue weighted by Gasteiger charge is 2.13. The molecule has 1 aliphatic rings. The van der Waals surface area contributed by atoms with Gasteiger partial charge in [0.15, 0.2) is 6.19 Å². The van der Waals surface area contributed by atoms with Crippen molar-refractivity contribution >= 4 is 17.3 Å². The molecule has 0 unspecified atom stereocenters. The van der Waals surface area contributed by atoms with Gasteiger partial charge in [0.25, 0.3) is 0 Å². The van der Waals surface area contributed by atoms with Crippen molar-refractivity contribution < 1.29 is 0 Å². The SMILES string of the molecule is CN(c1ccc2c(c1)CCC2)c1cc(NC#N)ncn1. The number of anilines is 3. The van der Waals surface area contributed by atoms with Crippen LogP contribution in [0.25, 0.3) is 0 Å². The fraction of sp³-hybridized carbons (Fsp3) is 0.267. The van der Waals surface area contributed by atoms with E-state index in [0.717, 1.165) is 17.9 Å². The second kappa shape index (κ2) is 5.17. The van der Waals surface area contributed by atoms with Crippen LogP contribution >= 0.6 is 0 Å². The molecule has 1 aromatic heterocycles. The molecule has 0 saturated carbocycles. The Hall–Kier alpha value is -2.61. The number of nitriles is 1. The Labute approximate surface area is 117 Å². The zero-order valence-corrected chi connectivity index (χ0v) is 11.3. The molecule has 1 heterocycles. The third-order valence-corrected chi connectivity index (χ3v) is 3.65. The highest BCUT2D eigenvalue weighted by atomic mass is 15.2. The van der Waals surface area contributed by atoms with Gasteiger partial charge in [0.2, 0.25) is 0 Å². The molecule has 100 valence electrons. The van der Waals surface area contributed by atoms with E-state index in [4.69, 9.17) is 5.26 Å². The summed E-state index contributed by atoms with van der Waals surface area (Å²) < 4.78 is 0. The molecular weight excluding hydrogens is 250 g/mol. The third kappa shape index (κ3) is 2.28. The molecule has 1 aliphatic carbocycles. The molecule has 5 nitrogen and oxygen atoms in total. The summed E-state index contributed by atoms with van der Waals surface area (Å²) in [4.78, 5) is 10.3. The average molecular weight is 265 g/mol. The maximum absolute atomic E-state index is 8.64. The van der Waals surface area contributed by atoms with Crippen molar-refractivity contribution in [3.63, 3.8) is 0 Å². The Morgan fingerprint density at radius 3 is 2.90 bits per heavy atom. The Morgan fingerprint density at radius 1 is 1.20 bits per heavy atom. The molecule has 0 fully saturated rings. The van der Waals surface area contributed by atoms with Crippen molar-refractivity contribution in [2.24, 2.45) is 0 Å². The predicted molar refractivity (Wildman–Crippen MR) is 77.8 cm³/mol. The largest absolute Gasteiger partial charge is 0.329 e. The van der Waals surface area contributed by atoms with Crippen LogP contribution in [0.15, 0.2) is 30.6 Å². The molecule has 0 spiro atoms. The molecule has 20 heavy (non-hydrogen) atoms. The molecule has 1 N–H and O–H groups in total. The van der Waals surface area contributed by atoms with E-state index in [1.165, 1.54) is 30.3 Å². The number of fused-ring (bicyclic) bond motifs is 1. The van der Waals surface area contributed by atoms with E-state index in [-0.39, 0.29) is 0 Å². The van der Waals surface area contributed by atoms with Gasteiger partial charge in [-0.1, -0.05) is 6.07 Å². The smallest absolute Gasteiger partial charge is 0.182 e. The minimum Gasteiger partial charge on any atom is -0.329 e. The van der Waals surface area contributed by atoms with Crippen molar-refractivity contribution in [2.45, 2.75) is 19.3 Å². The van der Waals surface area contributed by atoms with E-state index < -0.39 is 0 Å². The molecule has 0 bridgehead atoms. The Kier molecular flexibility index (Phi) is 3.21. The molecule has 2 aromatic rings. The summed E-state index contributed by atoms with van der Waals surface area (Å²) in [6.07, 6.45) is 6.90. The van der Waals surface area contributed by atoms with Crippen LogP contribution in [0.2, 0.25) is 0 Å². The van der Waals surface area contributed by atoms with Gasteiger partial charge >= 0.3 is 0 Å². The fourth-order valence-electron chi connectivity index (χ4n) is 2.56. The zero-order valence-electron chi connectivity index (χ0n) is 11.3. The topological polar surface area (TPSA) is 64.8 Å². The van der Waals surface area contributed by atoms with Crippen LogP contribution < -0.4 is 10.2 Å². The van der Waals surface area contributed by atoms with Crippen LogP contribution in [0.4, 0.5) is 17.3 Å². The summed E-state index contributed by atoms with van der Waals surface area (Å²) in [5.41, 5.74) is 3.99. The van der Waals surface area contributed by atoms with E-state index in [2.05, 4.69) is 33.5 Å². The standard InChI is InChI=1S/C15H15N5/c1-20(15-8-14(17-9-16)18-10-19-15)13-6-5-11-3-2-4-12(11)7-13/h5-8,10H,2-4H2,1H3,(H,17,18,19). The van der Waals surface area contributed by atoms with E-state index in [9.17, 15) is 0 Å². The van der Waals surface area contributed by atoms with Crippen LogP contribution in [-0.4, -0.2) is 17.0 Å². The van der Waals surface area contributed by atoms with E-state index >= 15 is 0 Å². The highest BCUT2D eigenvalue weighted by molar-refractivity contribution is 5.63. The molecule has 0 saturated heterocycles. The summed E-state index contributed by atoms with van der Waals surface area (Å²) in [6, 6.07) is 8.30. The van der Waals surface area contributed by atoms with Crippen LogP contribution in [0.1, 0.15) is 17.5 Å². The maximum Gasteiger partial charge on any atom is 0.182 e. The summed E-state index contributed by atoms with van der Waals surface area (Å²) in [6.45, 7) is 0. The summed E-state index contributed by atoms with van der Waals surface area (Å²) in [5.74, 6) is 1.27. The van der Waals surface area contributed by atoms with Crippen LogP contribution in [0.5, 0.6) is 0 Å². The summed E-state index contributed by atoms with van der Waals surface area (Å²) >= 11 is 0. The first-order valence-corrected chi connectivity index (χ1v) is 6.60. The van der Waals surface area contributed by atoms with E-state index in [0.29, 0.717) is 5.82 Å². The van der Waals surface area contributed by atoms with Gasteiger partial charge in [0.05, 0.1) is 0 Å². The Morgan fingerprint density at radius 2 is 2.05 bits per heavy atom. The van der Waals surface area contributed by atoms with Crippen molar-refractivity contribution in [3.8, 4) is 6.19 Å². The maximum atomic E-state index is 8.64. The Bertz CT molecular complexity index is 674. The number of rotatable bonds is 3. The van der Waals surface area contributed by atoms with Crippen molar-refractivity contribution in [2.75, 3.05) is 17.3 Å². The molecular formula is C15H15N5. The minimum atomic E-state index is 0.505. The fourth-order valence-corrected chi connectivity index (χ4v) is 2.56. The third-order valence-electron chi connectivity index (χ3n) is 3.65. The number of benzene rings is 1. The quantitative estimate of drug-likeness (QED) is 0.682. The first-order valence-electron chi connectivity index (χ1n) is 6.60. The van der Waals surface area contributed by atoms with Crippen molar-refractivity contribution in [1.82, 2.24) is 9.97 Å². The number of hydrogen-bond donors (Lipinski definition) is 1. The predicted octanol–water partition coefficient (Wildman–Crippen LogP) is 2.63. The number of hydrogen-bond acceptors (Lipinski definition) is 5. The lowest BCUT2D eigenvalue weighted by molar-refractivity contribution is 0.911. The summed E-state index contributed by atoms with van der Waals surface area (Å²) in [5, 5.41) is 11.2. The van der Waals surface area contributed by atoms with Crippen LogP contribution in [0, 0.1) is 11.5 Å². The second-order valence-electron chi connectivity index (χ2n) is 4.86. The van der Waals surface area contributed by atoms with Crippen LogP contribution in [0.3, 0.4) is 0 Å². The monoisotopic (exact) mass is 265 g/mol. The van der Waals surface area contributed by atoms with Gasteiger partial charge in [-0.3, -0.25) is 5.32 Å². The molecule has 3 rings (SSSR count). The van der Waals surface area contributed by atoms with Crippen LogP contribution in [-0.2, 0) is 12.8 Å². The lowest BCUT2D eigenvalue weighted by Gasteiger charge is -2.19. The Balaban J connectivity index is 1.90. The molecule has 0 aliphatic heterocycles. The lowest BCUT2D eigenvalue weighted by Crippen LogP contribution is -2.12. The van der Waals surface area contributed by atoms with Crippen molar-refractivity contribution in [1.29, 1.82) is 5.26 Å². The minimum absolute atomic E-state index is 0.505. The highest BCUT2D eigenvalue weighted by Crippen LogP contribution is 2.29. The summed E-state index contributed by atoms with van der Waals surface area (Å²) in [7, 11) is 1.97. The van der Waals surface area contributed by atoms with E-state index in [1.807, 2.05) is 18.1 Å². The lowest BCUT2D eigenvalue weighted by atomic mass is 10.1. The number of nitrogens with zero attached hydrogens (tertiary/aromatic N) is 4. The van der Waals surface area contributed by atoms with Gasteiger partial charge in [-0.2, -0.15) is 5.26 Å². The van der Waals surface area contributed by atoms with Gasteiger partial charge in [0.1, 0.15) is 18.0 Å². The molecule has 0 radical (unpaired) electrons. The van der Waals surface area contributed by atoms with Crippen molar-refractivity contribution in [3.05, 3.63) is 41.7 Å². The molecule has 1 aromatic carbocycles. The number of aryl methyl sites for hydroxylation is 2. The van der Waals surface area contributed by atoms with Gasteiger partial charge in [0, 0.05) is 18.8 Å². The first kappa shape index (κ1) is 12.4. The molecule has 5 heteroatoms. The van der Waals surface area contributed by atoms with Gasteiger partial charge in [-0.15, -0.1) is 0 Å². The molecule has 0 amide bonds. The van der Waals surface area contributed by atoms with E-state index in [1.54, 1.807) is 6.07 Å². The number of nitrogens with one attached hydrogen (secondary N) is 1. The number of aromatic nitrogens is 2. The first-order chi connectivity index (χ1) is 9.78. The second-order valence-corrected chi connectivity index (χ2v) is 4.86. The average Bonchev–Trinajstić information content (AvgIpc) is 2.94. The van der Waals surface area contributed by atoms with Gasteiger partial charge < -0.3 is 4.90 Å². The normalized spacial score (nSPS) is 12.6. The van der Waals surface area contributed by atoms with Gasteiger partial charge in [-0.05, 0) is 42.5 Å². The molecule has 0 atom stereocenters. The zero-order chi connectivity index (χ0) is 13.9.